The lowest BCUT2D eigenvalue weighted by atomic mass is 10.1. The second-order valence-electron chi connectivity index (χ2n) is 8.27. The maximum Gasteiger partial charge on any atom is 0.422 e. The summed E-state index contributed by atoms with van der Waals surface area (Å²) in [5.74, 6) is -1.67. The van der Waals surface area contributed by atoms with Crippen molar-refractivity contribution in [2.45, 2.75) is 25.1 Å². The normalized spacial score (nSPS) is 15.4. The van der Waals surface area contributed by atoms with Gasteiger partial charge in [0.1, 0.15) is 5.82 Å². The van der Waals surface area contributed by atoms with E-state index in [9.17, 15) is 30.8 Å². The number of ether oxygens (including phenoxy) is 1. The van der Waals surface area contributed by atoms with Gasteiger partial charge in [0.25, 0.3) is 5.91 Å². The molecule has 2 aromatic rings. The highest BCUT2D eigenvalue weighted by Crippen LogP contribution is 2.23. The molecule has 2 heterocycles. The fraction of sp³-hybridized carbons (Fsp3) is 0.500. The van der Waals surface area contributed by atoms with Crippen molar-refractivity contribution >= 4 is 33.5 Å². The van der Waals surface area contributed by atoms with Gasteiger partial charge in [-0.1, -0.05) is 0 Å². The number of alkyl halides is 3. The Balaban J connectivity index is 1.83. The fourth-order valence-corrected chi connectivity index (χ4v) is 4.21. The number of halogens is 4. The Bertz CT molecular complexity index is 1200. The quantitative estimate of drug-likeness (QED) is 0.489. The molecule has 3 rings (SSSR count). The molecule has 2 N–H and O–H groups in total. The van der Waals surface area contributed by atoms with Crippen molar-refractivity contribution in [2.75, 3.05) is 50.7 Å². The van der Waals surface area contributed by atoms with Crippen molar-refractivity contribution < 1.29 is 35.5 Å². The minimum Gasteiger partial charge on any atom is -0.454 e. The SMILES string of the molecule is CN(C)C(=O)c1cc(Nc2nc(NC3CCN(S(C)(=O)=O)CC3)nc(OCC(F)(F)F)n2)ccc1F. The van der Waals surface area contributed by atoms with E-state index in [1.807, 2.05) is 0 Å². The third kappa shape index (κ3) is 7.61. The van der Waals surface area contributed by atoms with Gasteiger partial charge in [-0.3, -0.25) is 4.79 Å². The topological polar surface area (TPSA) is 130 Å². The third-order valence-electron chi connectivity index (χ3n) is 5.10. The Labute approximate surface area is 204 Å². The zero-order chi connectivity index (χ0) is 26.7. The summed E-state index contributed by atoms with van der Waals surface area (Å²) in [6, 6.07) is 2.69. The van der Waals surface area contributed by atoms with Gasteiger partial charge < -0.3 is 20.3 Å². The molecule has 198 valence electrons. The summed E-state index contributed by atoms with van der Waals surface area (Å²) in [6.45, 7) is -1.13. The molecule has 0 aliphatic carbocycles. The van der Waals surface area contributed by atoms with Crippen LogP contribution in [0.2, 0.25) is 0 Å². The summed E-state index contributed by atoms with van der Waals surface area (Å²) in [4.78, 5) is 25.2. The van der Waals surface area contributed by atoms with Gasteiger partial charge in [-0.05, 0) is 31.0 Å². The Morgan fingerprint density at radius 1 is 1.17 bits per heavy atom. The number of hydrogen-bond acceptors (Lipinski definition) is 9. The smallest absolute Gasteiger partial charge is 0.422 e. The predicted octanol–water partition coefficient (Wildman–Crippen LogP) is 2.23. The lowest BCUT2D eigenvalue weighted by molar-refractivity contribution is -0.154. The van der Waals surface area contributed by atoms with Gasteiger partial charge in [0.05, 0.1) is 11.8 Å². The summed E-state index contributed by atoms with van der Waals surface area (Å²) in [5.41, 5.74) is -0.0365. The van der Waals surface area contributed by atoms with Crippen LogP contribution in [0.3, 0.4) is 0 Å². The number of amides is 1. The van der Waals surface area contributed by atoms with Gasteiger partial charge in [-0.15, -0.1) is 0 Å². The molecular formula is C20H25F4N7O4S. The van der Waals surface area contributed by atoms with E-state index in [2.05, 4.69) is 30.3 Å². The van der Waals surface area contributed by atoms with E-state index in [-0.39, 0.29) is 42.3 Å². The number of sulfonamides is 1. The van der Waals surface area contributed by atoms with Gasteiger partial charge in [-0.2, -0.15) is 28.1 Å². The monoisotopic (exact) mass is 535 g/mol. The Morgan fingerprint density at radius 3 is 2.39 bits per heavy atom. The average Bonchev–Trinajstić information content (AvgIpc) is 2.77. The zero-order valence-corrected chi connectivity index (χ0v) is 20.5. The number of carbonyl (C=O) groups is 1. The number of carbonyl (C=O) groups excluding carboxylic acids is 1. The average molecular weight is 536 g/mol. The van der Waals surface area contributed by atoms with Crippen LogP contribution in [-0.2, 0) is 10.0 Å². The Hall–Kier alpha value is -3.27. The first-order valence-electron chi connectivity index (χ1n) is 10.7. The summed E-state index contributed by atoms with van der Waals surface area (Å²) in [5, 5.41) is 5.68. The summed E-state index contributed by atoms with van der Waals surface area (Å²) < 4.78 is 81.5. The molecule has 36 heavy (non-hydrogen) atoms. The zero-order valence-electron chi connectivity index (χ0n) is 19.6. The molecule has 0 unspecified atom stereocenters. The van der Waals surface area contributed by atoms with Crippen molar-refractivity contribution in [3.8, 4) is 6.01 Å². The molecule has 11 nitrogen and oxygen atoms in total. The van der Waals surface area contributed by atoms with Crippen molar-refractivity contribution in [1.29, 1.82) is 0 Å². The van der Waals surface area contributed by atoms with E-state index in [0.717, 1.165) is 12.3 Å². The maximum atomic E-state index is 14.1. The van der Waals surface area contributed by atoms with E-state index in [4.69, 9.17) is 0 Å². The summed E-state index contributed by atoms with van der Waals surface area (Å²) in [7, 11) is -0.426. The van der Waals surface area contributed by atoms with Crippen LogP contribution in [0.15, 0.2) is 18.2 Å². The highest BCUT2D eigenvalue weighted by atomic mass is 32.2. The molecule has 16 heteroatoms. The number of hydrogen-bond donors (Lipinski definition) is 2. The molecule has 0 radical (unpaired) electrons. The number of nitrogens with zero attached hydrogens (tertiary/aromatic N) is 5. The van der Waals surface area contributed by atoms with E-state index in [1.165, 1.54) is 35.4 Å². The Morgan fingerprint density at radius 2 is 1.81 bits per heavy atom. The molecule has 1 fully saturated rings. The number of nitrogens with one attached hydrogen (secondary N) is 2. The number of aromatic nitrogens is 3. The van der Waals surface area contributed by atoms with Crippen molar-refractivity contribution in [1.82, 2.24) is 24.2 Å². The van der Waals surface area contributed by atoms with E-state index < -0.39 is 40.5 Å². The number of rotatable bonds is 8. The molecule has 0 bridgehead atoms. The number of piperidine rings is 1. The maximum absolute atomic E-state index is 14.1. The van der Waals surface area contributed by atoms with E-state index in [0.29, 0.717) is 12.8 Å². The molecule has 1 aliphatic rings. The van der Waals surface area contributed by atoms with Crippen LogP contribution in [0, 0.1) is 5.82 Å². The van der Waals surface area contributed by atoms with Crippen molar-refractivity contribution in [2.24, 2.45) is 0 Å². The standard InChI is InChI=1S/C20H25F4N7O4S/c1-30(2)16(32)14-10-13(4-5-15(14)21)26-18-27-17(28-19(29-18)35-11-20(22,23)24)25-12-6-8-31(9-7-12)36(3,33)34/h4-5,10,12H,6-9,11H2,1-3H3,(H2,25,26,27,28,29). The molecule has 1 aromatic heterocycles. The first-order chi connectivity index (χ1) is 16.7. The van der Waals surface area contributed by atoms with Crippen molar-refractivity contribution in [3.63, 3.8) is 0 Å². The van der Waals surface area contributed by atoms with Crippen LogP contribution >= 0.6 is 0 Å². The molecule has 1 amide bonds. The lowest BCUT2D eigenvalue weighted by Gasteiger charge is -2.30. The lowest BCUT2D eigenvalue weighted by Crippen LogP contribution is -2.42. The van der Waals surface area contributed by atoms with Crippen molar-refractivity contribution in [3.05, 3.63) is 29.6 Å². The van der Waals surface area contributed by atoms with E-state index in [1.54, 1.807) is 0 Å². The number of anilines is 3. The summed E-state index contributed by atoms with van der Waals surface area (Å²) in [6.07, 6.45) is -2.70. The highest BCUT2D eigenvalue weighted by Gasteiger charge is 2.30. The third-order valence-corrected chi connectivity index (χ3v) is 6.40. The van der Waals surface area contributed by atoms with Gasteiger partial charge in [0.2, 0.25) is 21.9 Å². The van der Waals surface area contributed by atoms with Crippen LogP contribution < -0.4 is 15.4 Å². The van der Waals surface area contributed by atoms with E-state index >= 15 is 0 Å². The highest BCUT2D eigenvalue weighted by molar-refractivity contribution is 7.88. The first kappa shape index (κ1) is 27.3. The molecule has 0 atom stereocenters. The van der Waals surface area contributed by atoms with Crippen LogP contribution in [0.5, 0.6) is 6.01 Å². The fourth-order valence-electron chi connectivity index (χ4n) is 3.34. The summed E-state index contributed by atoms with van der Waals surface area (Å²) >= 11 is 0. The van der Waals surface area contributed by atoms with Crippen LogP contribution in [-0.4, -0.2) is 90.7 Å². The van der Waals surface area contributed by atoms with Crippen LogP contribution in [0.4, 0.5) is 35.1 Å². The van der Waals surface area contributed by atoms with Gasteiger partial charge in [0.15, 0.2) is 6.61 Å². The predicted molar refractivity (Wildman–Crippen MR) is 122 cm³/mol. The first-order valence-corrected chi connectivity index (χ1v) is 12.5. The molecule has 0 spiro atoms. The number of benzene rings is 1. The second-order valence-corrected chi connectivity index (χ2v) is 10.3. The minimum absolute atomic E-state index is 0.103. The van der Waals surface area contributed by atoms with Gasteiger partial charge in [0, 0.05) is 38.9 Å². The van der Waals surface area contributed by atoms with Gasteiger partial charge in [-0.25, -0.2) is 17.1 Å². The largest absolute Gasteiger partial charge is 0.454 e. The van der Waals surface area contributed by atoms with Crippen LogP contribution in [0.1, 0.15) is 23.2 Å². The Kier molecular flexibility index (Phi) is 8.18. The molecular weight excluding hydrogens is 510 g/mol. The molecule has 1 aromatic carbocycles. The van der Waals surface area contributed by atoms with Gasteiger partial charge >= 0.3 is 12.2 Å². The van der Waals surface area contributed by atoms with Crippen LogP contribution in [0.25, 0.3) is 0 Å². The molecule has 0 saturated carbocycles. The molecule has 1 saturated heterocycles. The second kappa shape index (κ2) is 10.8. The molecule has 1 aliphatic heterocycles. The minimum atomic E-state index is -4.63.